The Hall–Kier alpha value is -3.00. The van der Waals surface area contributed by atoms with Crippen molar-refractivity contribution in [2.45, 2.75) is 13.8 Å². The molecular weight excluding hydrogens is 359 g/mol. The molecule has 0 spiro atoms. The van der Waals surface area contributed by atoms with E-state index in [0.29, 0.717) is 11.1 Å². The van der Waals surface area contributed by atoms with Gasteiger partial charge in [0.25, 0.3) is 5.91 Å². The van der Waals surface area contributed by atoms with Gasteiger partial charge >= 0.3 is 5.97 Å². The zero-order valence-corrected chi connectivity index (χ0v) is 15.0. The zero-order valence-electron chi connectivity index (χ0n) is 14.2. The van der Waals surface area contributed by atoms with Gasteiger partial charge in [0.1, 0.15) is 10.8 Å². The monoisotopic (exact) mass is 376 g/mol. The van der Waals surface area contributed by atoms with Gasteiger partial charge in [-0.2, -0.15) is 0 Å². The van der Waals surface area contributed by atoms with Crippen LogP contribution in [-0.2, 0) is 9.53 Å². The van der Waals surface area contributed by atoms with Crippen molar-refractivity contribution >= 4 is 40.2 Å². The minimum Gasteiger partial charge on any atom is -0.462 e. The molecule has 0 aliphatic rings. The van der Waals surface area contributed by atoms with Gasteiger partial charge in [-0.15, -0.1) is 11.3 Å². The van der Waals surface area contributed by atoms with E-state index in [2.05, 4.69) is 5.32 Å². The molecule has 0 fully saturated rings. The summed E-state index contributed by atoms with van der Waals surface area (Å²) >= 11 is 0.910. The SMILES string of the molecule is CCOC(=O)c1c(NC(=O)C=Cc2ccc(F)cc2)sc(C(N)=O)c1C. The molecule has 26 heavy (non-hydrogen) atoms. The number of anilines is 1. The first-order chi connectivity index (χ1) is 12.3. The number of rotatable bonds is 6. The Kier molecular flexibility index (Phi) is 6.24. The van der Waals surface area contributed by atoms with Crippen molar-refractivity contribution in [3.05, 3.63) is 57.7 Å². The highest BCUT2D eigenvalue weighted by Gasteiger charge is 2.25. The smallest absolute Gasteiger partial charge is 0.341 e. The molecular formula is C18H17FN2O4S. The van der Waals surface area contributed by atoms with Crippen LogP contribution in [0.5, 0.6) is 0 Å². The molecule has 6 nitrogen and oxygen atoms in total. The van der Waals surface area contributed by atoms with Crippen LogP contribution in [-0.4, -0.2) is 24.4 Å². The third kappa shape index (κ3) is 4.54. The number of halogens is 1. The molecule has 2 aromatic rings. The second kappa shape index (κ2) is 8.39. The molecule has 0 unspecified atom stereocenters. The first-order valence-electron chi connectivity index (χ1n) is 7.68. The van der Waals surface area contributed by atoms with Crippen LogP contribution in [0, 0.1) is 12.7 Å². The van der Waals surface area contributed by atoms with Crippen LogP contribution in [0.4, 0.5) is 9.39 Å². The number of amides is 2. The molecule has 0 aliphatic heterocycles. The van der Waals surface area contributed by atoms with Gasteiger partial charge in [0, 0.05) is 6.08 Å². The third-order valence-electron chi connectivity index (χ3n) is 3.38. The van der Waals surface area contributed by atoms with E-state index in [9.17, 15) is 18.8 Å². The van der Waals surface area contributed by atoms with Gasteiger partial charge in [0.2, 0.25) is 5.91 Å². The average molecular weight is 376 g/mol. The van der Waals surface area contributed by atoms with E-state index < -0.39 is 17.8 Å². The molecule has 0 bridgehead atoms. The van der Waals surface area contributed by atoms with Crippen LogP contribution in [0.15, 0.2) is 30.3 Å². The second-order valence-electron chi connectivity index (χ2n) is 5.22. The fraction of sp³-hybridized carbons (Fsp3) is 0.167. The molecule has 0 radical (unpaired) electrons. The summed E-state index contributed by atoms with van der Waals surface area (Å²) in [5.41, 5.74) is 6.41. The molecule has 3 N–H and O–H groups in total. The predicted molar refractivity (Wildman–Crippen MR) is 97.6 cm³/mol. The molecule has 136 valence electrons. The maximum absolute atomic E-state index is 12.9. The average Bonchev–Trinajstić information content (AvgIpc) is 2.91. The van der Waals surface area contributed by atoms with Gasteiger partial charge in [-0.3, -0.25) is 9.59 Å². The number of benzene rings is 1. The molecule has 1 aromatic heterocycles. The minimum absolute atomic E-state index is 0.106. The Labute approximate surface area is 153 Å². The van der Waals surface area contributed by atoms with Crippen molar-refractivity contribution in [1.82, 2.24) is 0 Å². The Morgan fingerprint density at radius 3 is 2.50 bits per heavy atom. The van der Waals surface area contributed by atoms with Gasteiger partial charge in [-0.1, -0.05) is 12.1 Å². The molecule has 1 heterocycles. The zero-order chi connectivity index (χ0) is 19.3. The van der Waals surface area contributed by atoms with Crippen LogP contribution in [0.1, 0.15) is 38.1 Å². The lowest BCUT2D eigenvalue weighted by atomic mass is 10.1. The highest BCUT2D eigenvalue weighted by Crippen LogP contribution is 2.33. The maximum Gasteiger partial charge on any atom is 0.341 e. The lowest BCUT2D eigenvalue weighted by Gasteiger charge is -2.05. The lowest BCUT2D eigenvalue weighted by Crippen LogP contribution is -2.13. The summed E-state index contributed by atoms with van der Waals surface area (Å²) in [6.45, 7) is 3.36. The van der Waals surface area contributed by atoms with Crippen LogP contribution in [0.25, 0.3) is 6.08 Å². The van der Waals surface area contributed by atoms with E-state index in [1.807, 2.05) is 0 Å². The summed E-state index contributed by atoms with van der Waals surface area (Å²) < 4.78 is 17.9. The summed E-state index contributed by atoms with van der Waals surface area (Å²) in [6.07, 6.45) is 2.73. The number of ether oxygens (including phenoxy) is 1. The molecule has 0 aliphatic carbocycles. The number of hydrogen-bond acceptors (Lipinski definition) is 5. The molecule has 8 heteroatoms. The highest BCUT2D eigenvalue weighted by molar-refractivity contribution is 7.18. The molecule has 0 atom stereocenters. The number of carbonyl (C=O) groups excluding carboxylic acids is 3. The van der Waals surface area contributed by atoms with Crippen LogP contribution in [0.2, 0.25) is 0 Å². The first-order valence-corrected chi connectivity index (χ1v) is 8.50. The van der Waals surface area contributed by atoms with E-state index in [-0.39, 0.29) is 27.9 Å². The molecule has 2 rings (SSSR count). The Bertz CT molecular complexity index is 872. The van der Waals surface area contributed by atoms with Gasteiger partial charge in [0.05, 0.1) is 17.0 Å². The molecule has 0 saturated heterocycles. The number of carbonyl (C=O) groups is 3. The Morgan fingerprint density at radius 1 is 1.27 bits per heavy atom. The van der Waals surface area contributed by atoms with Gasteiger partial charge < -0.3 is 15.8 Å². The summed E-state index contributed by atoms with van der Waals surface area (Å²) in [5, 5.41) is 2.74. The Morgan fingerprint density at radius 2 is 1.92 bits per heavy atom. The summed E-state index contributed by atoms with van der Waals surface area (Å²) in [5.74, 6) is -2.23. The van der Waals surface area contributed by atoms with Crippen molar-refractivity contribution in [3.8, 4) is 0 Å². The van der Waals surface area contributed by atoms with Crippen molar-refractivity contribution < 1.29 is 23.5 Å². The van der Waals surface area contributed by atoms with Gasteiger partial charge in [-0.05, 0) is 43.2 Å². The highest BCUT2D eigenvalue weighted by atomic mass is 32.1. The topological polar surface area (TPSA) is 98.5 Å². The fourth-order valence-electron chi connectivity index (χ4n) is 2.18. The van der Waals surface area contributed by atoms with E-state index in [4.69, 9.17) is 10.5 Å². The third-order valence-corrected chi connectivity index (χ3v) is 4.61. The van der Waals surface area contributed by atoms with E-state index in [1.165, 1.54) is 36.4 Å². The number of thiophene rings is 1. The first kappa shape index (κ1) is 19.3. The molecule has 0 saturated carbocycles. The van der Waals surface area contributed by atoms with Crippen molar-refractivity contribution in [3.63, 3.8) is 0 Å². The summed E-state index contributed by atoms with van der Waals surface area (Å²) in [6, 6.07) is 5.59. The maximum atomic E-state index is 12.9. The van der Waals surface area contributed by atoms with Crippen LogP contribution >= 0.6 is 11.3 Å². The van der Waals surface area contributed by atoms with Crippen molar-refractivity contribution in [2.24, 2.45) is 5.73 Å². The quantitative estimate of drug-likeness (QED) is 0.598. The number of hydrogen-bond donors (Lipinski definition) is 2. The van der Waals surface area contributed by atoms with E-state index in [0.717, 1.165) is 11.3 Å². The van der Waals surface area contributed by atoms with E-state index >= 15 is 0 Å². The minimum atomic E-state index is -0.694. The van der Waals surface area contributed by atoms with Gasteiger partial charge in [0.15, 0.2) is 0 Å². The van der Waals surface area contributed by atoms with Gasteiger partial charge in [-0.25, -0.2) is 9.18 Å². The largest absolute Gasteiger partial charge is 0.462 e. The second-order valence-corrected chi connectivity index (χ2v) is 6.24. The standard InChI is InChI=1S/C18H17FN2O4S/c1-3-25-18(24)14-10(2)15(16(20)23)26-17(14)21-13(22)9-6-11-4-7-12(19)8-5-11/h4-9H,3H2,1-2H3,(H2,20,23)(H,21,22). The normalized spacial score (nSPS) is 10.7. The number of esters is 1. The fourth-order valence-corrected chi connectivity index (χ4v) is 3.23. The Balaban J connectivity index is 2.25. The predicted octanol–water partition coefficient (Wildman–Crippen LogP) is 3.12. The van der Waals surface area contributed by atoms with Crippen molar-refractivity contribution in [2.75, 3.05) is 11.9 Å². The van der Waals surface area contributed by atoms with Crippen molar-refractivity contribution in [1.29, 1.82) is 0 Å². The summed E-state index contributed by atoms with van der Waals surface area (Å²) in [4.78, 5) is 36.0. The molecule has 1 aromatic carbocycles. The van der Waals surface area contributed by atoms with E-state index in [1.54, 1.807) is 13.8 Å². The van der Waals surface area contributed by atoms with Crippen LogP contribution in [0.3, 0.4) is 0 Å². The number of nitrogens with one attached hydrogen (secondary N) is 1. The number of primary amides is 1. The summed E-state index contributed by atoms with van der Waals surface area (Å²) in [7, 11) is 0. The number of nitrogens with two attached hydrogens (primary N) is 1. The lowest BCUT2D eigenvalue weighted by molar-refractivity contribution is -0.111. The molecule has 2 amide bonds. The van der Waals surface area contributed by atoms with Crippen LogP contribution < -0.4 is 11.1 Å².